The van der Waals surface area contributed by atoms with Crippen molar-refractivity contribution < 1.29 is 13.2 Å². The molecule has 0 radical (unpaired) electrons. The lowest BCUT2D eigenvalue weighted by Crippen LogP contribution is -2.47. The Hall–Kier alpha value is -3.82. The first-order chi connectivity index (χ1) is 16.4. The predicted octanol–water partition coefficient (Wildman–Crippen LogP) is 3.90. The van der Waals surface area contributed by atoms with Crippen molar-refractivity contribution in [1.29, 1.82) is 0 Å². The summed E-state index contributed by atoms with van der Waals surface area (Å²) in [6, 6.07) is 18.0. The predicted molar refractivity (Wildman–Crippen MR) is 133 cm³/mol. The topological polar surface area (TPSA) is 104 Å². The van der Waals surface area contributed by atoms with E-state index in [-0.39, 0.29) is 5.91 Å². The second kappa shape index (κ2) is 8.85. The molecule has 1 saturated heterocycles. The molecular formula is C25H23N5O3S. The van der Waals surface area contributed by atoms with Gasteiger partial charge in [0.15, 0.2) is 0 Å². The maximum atomic E-state index is 12.9. The average Bonchev–Trinajstić information content (AvgIpc) is 2.85. The van der Waals surface area contributed by atoms with Crippen molar-refractivity contribution >= 4 is 38.4 Å². The second-order valence-electron chi connectivity index (χ2n) is 8.12. The van der Waals surface area contributed by atoms with Gasteiger partial charge in [0, 0.05) is 47.7 Å². The number of amides is 1. The van der Waals surface area contributed by atoms with Crippen LogP contribution in [0.4, 0.5) is 11.4 Å². The zero-order valence-electron chi connectivity index (χ0n) is 18.5. The van der Waals surface area contributed by atoms with E-state index in [4.69, 9.17) is 4.98 Å². The van der Waals surface area contributed by atoms with Gasteiger partial charge in [0.25, 0.3) is 5.91 Å². The van der Waals surface area contributed by atoms with Gasteiger partial charge in [0.2, 0.25) is 0 Å². The molecule has 0 spiro atoms. The number of anilines is 2. The molecule has 0 unspecified atom stereocenters. The van der Waals surface area contributed by atoms with E-state index < -0.39 is 10.2 Å². The molecule has 0 bridgehead atoms. The summed E-state index contributed by atoms with van der Waals surface area (Å²) in [5.41, 5.74) is 5.24. The first-order valence-corrected chi connectivity index (χ1v) is 12.4. The number of nitrogens with one attached hydrogen (secondary N) is 2. The van der Waals surface area contributed by atoms with E-state index in [0.29, 0.717) is 30.0 Å². The van der Waals surface area contributed by atoms with E-state index in [2.05, 4.69) is 15.0 Å². The van der Waals surface area contributed by atoms with Crippen LogP contribution in [0.2, 0.25) is 0 Å². The van der Waals surface area contributed by atoms with Crippen LogP contribution in [-0.4, -0.2) is 37.4 Å². The Bertz CT molecular complexity index is 1490. The molecule has 1 aliphatic rings. The van der Waals surface area contributed by atoms with Crippen LogP contribution in [0.15, 0.2) is 73.1 Å². The van der Waals surface area contributed by atoms with Crippen LogP contribution in [0.3, 0.4) is 0 Å². The highest BCUT2D eigenvalue weighted by atomic mass is 32.2. The molecule has 1 aliphatic heterocycles. The number of hydrogen-bond acceptors (Lipinski definition) is 5. The lowest BCUT2D eigenvalue weighted by molar-refractivity contribution is 0.102. The third-order valence-electron chi connectivity index (χ3n) is 5.79. The molecule has 172 valence electrons. The van der Waals surface area contributed by atoms with Gasteiger partial charge < -0.3 is 5.32 Å². The van der Waals surface area contributed by atoms with Gasteiger partial charge in [0.05, 0.1) is 16.9 Å². The minimum absolute atomic E-state index is 0.279. The number of rotatable bonds is 4. The van der Waals surface area contributed by atoms with Gasteiger partial charge in [-0.1, -0.05) is 6.07 Å². The Morgan fingerprint density at radius 1 is 1.06 bits per heavy atom. The highest BCUT2D eigenvalue weighted by molar-refractivity contribution is 7.90. The SMILES string of the molecule is Cc1ccc(NC(=O)c2ccc(N3CCCNS3(=O)=O)cc2)cc1-c1ccc2cnccc2n1. The molecule has 4 aromatic rings. The quantitative estimate of drug-likeness (QED) is 0.468. The van der Waals surface area contributed by atoms with Gasteiger partial charge in [-0.15, -0.1) is 0 Å². The van der Waals surface area contributed by atoms with E-state index in [1.54, 1.807) is 36.7 Å². The van der Waals surface area contributed by atoms with Crippen molar-refractivity contribution in [3.05, 3.63) is 84.2 Å². The number of benzene rings is 2. The molecular weight excluding hydrogens is 450 g/mol. The van der Waals surface area contributed by atoms with Crippen LogP contribution < -0.4 is 14.3 Å². The molecule has 2 aromatic carbocycles. The standard InChI is InChI=1S/C25H23N5O3S/c1-17-3-7-20(15-22(17)24-10-6-19-16-26-13-11-23(19)29-24)28-25(31)18-4-8-21(9-5-18)30-14-2-12-27-34(30,32)33/h3-11,13,15-16,27H,2,12,14H2,1H3,(H,28,31). The minimum Gasteiger partial charge on any atom is -0.322 e. The summed E-state index contributed by atoms with van der Waals surface area (Å²) < 4.78 is 28.3. The Balaban J connectivity index is 1.36. The fraction of sp³-hybridized carbons (Fsp3) is 0.160. The first kappa shape index (κ1) is 22.0. The summed E-state index contributed by atoms with van der Waals surface area (Å²) in [6.45, 7) is 2.84. The second-order valence-corrected chi connectivity index (χ2v) is 9.80. The number of pyridine rings is 2. The molecule has 1 fully saturated rings. The molecule has 2 aromatic heterocycles. The summed E-state index contributed by atoms with van der Waals surface area (Å²) in [7, 11) is -3.53. The number of carbonyl (C=O) groups is 1. The molecule has 5 rings (SSSR count). The number of carbonyl (C=O) groups excluding carboxylic acids is 1. The Kier molecular flexibility index (Phi) is 5.72. The van der Waals surface area contributed by atoms with Crippen molar-refractivity contribution in [3.8, 4) is 11.3 Å². The average molecular weight is 474 g/mol. The maximum Gasteiger partial charge on any atom is 0.301 e. The monoisotopic (exact) mass is 473 g/mol. The van der Waals surface area contributed by atoms with Crippen LogP contribution >= 0.6 is 0 Å². The molecule has 9 heteroatoms. The van der Waals surface area contributed by atoms with Gasteiger partial charge in [-0.05, 0) is 73.5 Å². The molecule has 0 saturated carbocycles. The lowest BCUT2D eigenvalue weighted by atomic mass is 10.0. The molecule has 0 aliphatic carbocycles. The molecule has 3 heterocycles. The largest absolute Gasteiger partial charge is 0.322 e. The summed E-state index contributed by atoms with van der Waals surface area (Å²) in [5.74, 6) is -0.279. The van der Waals surface area contributed by atoms with Crippen molar-refractivity contribution in [1.82, 2.24) is 14.7 Å². The number of nitrogens with zero attached hydrogens (tertiary/aromatic N) is 3. The van der Waals surface area contributed by atoms with Crippen LogP contribution in [0, 0.1) is 6.92 Å². The van der Waals surface area contributed by atoms with E-state index in [1.165, 1.54) is 4.31 Å². The number of aryl methyl sites for hydroxylation is 1. The van der Waals surface area contributed by atoms with E-state index in [1.807, 2.05) is 43.3 Å². The molecule has 2 N–H and O–H groups in total. The Labute approximate surface area is 197 Å². The minimum atomic E-state index is -3.53. The fourth-order valence-corrected chi connectivity index (χ4v) is 5.29. The summed E-state index contributed by atoms with van der Waals surface area (Å²) in [6.07, 6.45) is 4.21. The first-order valence-electron chi connectivity index (χ1n) is 10.9. The fourth-order valence-electron chi connectivity index (χ4n) is 3.96. The van der Waals surface area contributed by atoms with Crippen molar-refractivity contribution in [3.63, 3.8) is 0 Å². The molecule has 0 atom stereocenters. The van der Waals surface area contributed by atoms with Crippen LogP contribution in [-0.2, 0) is 10.2 Å². The number of hydrogen-bond donors (Lipinski definition) is 2. The number of fused-ring (bicyclic) bond motifs is 1. The Morgan fingerprint density at radius 3 is 2.68 bits per heavy atom. The highest BCUT2D eigenvalue weighted by Crippen LogP contribution is 2.27. The summed E-state index contributed by atoms with van der Waals surface area (Å²) in [5, 5.41) is 3.89. The van der Waals surface area contributed by atoms with Crippen LogP contribution in [0.5, 0.6) is 0 Å². The zero-order chi connectivity index (χ0) is 23.7. The van der Waals surface area contributed by atoms with Gasteiger partial charge >= 0.3 is 10.2 Å². The van der Waals surface area contributed by atoms with E-state index in [9.17, 15) is 13.2 Å². The van der Waals surface area contributed by atoms with Crippen LogP contribution in [0.25, 0.3) is 22.2 Å². The molecule has 34 heavy (non-hydrogen) atoms. The van der Waals surface area contributed by atoms with Gasteiger partial charge in [0.1, 0.15) is 0 Å². The molecule has 8 nitrogen and oxygen atoms in total. The molecule has 1 amide bonds. The van der Waals surface area contributed by atoms with E-state index in [0.717, 1.165) is 34.1 Å². The van der Waals surface area contributed by atoms with Crippen molar-refractivity contribution in [2.75, 3.05) is 22.7 Å². The third-order valence-corrected chi connectivity index (χ3v) is 7.33. The normalized spacial score (nSPS) is 15.3. The van der Waals surface area contributed by atoms with E-state index >= 15 is 0 Å². The zero-order valence-corrected chi connectivity index (χ0v) is 19.3. The van der Waals surface area contributed by atoms with Crippen LogP contribution in [0.1, 0.15) is 22.3 Å². The maximum absolute atomic E-state index is 12.9. The summed E-state index contributed by atoms with van der Waals surface area (Å²) >= 11 is 0. The Morgan fingerprint density at radius 2 is 1.88 bits per heavy atom. The van der Waals surface area contributed by atoms with Crippen molar-refractivity contribution in [2.24, 2.45) is 0 Å². The van der Waals surface area contributed by atoms with Gasteiger partial charge in [-0.25, -0.2) is 4.98 Å². The lowest BCUT2D eigenvalue weighted by Gasteiger charge is -2.28. The number of aromatic nitrogens is 2. The summed E-state index contributed by atoms with van der Waals surface area (Å²) in [4.78, 5) is 21.7. The smallest absolute Gasteiger partial charge is 0.301 e. The van der Waals surface area contributed by atoms with Gasteiger partial charge in [-0.2, -0.15) is 13.1 Å². The third kappa shape index (κ3) is 4.35. The van der Waals surface area contributed by atoms with Gasteiger partial charge in [-0.3, -0.25) is 14.1 Å². The highest BCUT2D eigenvalue weighted by Gasteiger charge is 2.25. The van der Waals surface area contributed by atoms with Crippen molar-refractivity contribution in [2.45, 2.75) is 13.3 Å².